The summed E-state index contributed by atoms with van der Waals surface area (Å²) in [5, 5.41) is 3.18. The van der Waals surface area contributed by atoms with Crippen molar-refractivity contribution in [1.82, 2.24) is 5.32 Å². The molecule has 1 amide bonds. The lowest BCUT2D eigenvalue weighted by Gasteiger charge is -2.30. The van der Waals surface area contributed by atoms with Crippen LogP contribution < -0.4 is 11.1 Å². The van der Waals surface area contributed by atoms with Crippen LogP contribution in [0.3, 0.4) is 0 Å². The summed E-state index contributed by atoms with van der Waals surface area (Å²) < 4.78 is 5.30. The van der Waals surface area contributed by atoms with Gasteiger partial charge >= 0.3 is 0 Å². The molecule has 1 heterocycles. The number of nitrogens with two attached hydrogens (primary N) is 1. The van der Waals surface area contributed by atoms with E-state index in [0.29, 0.717) is 17.9 Å². The molecule has 4 unspecified atom stereocenters. The molecule has 1 saturated heterocycles. The molecule has 96 valence electrons. The first-order valence-corrected chi connectivity index (χ1v) is 6.89. The van der Waals surface area contributed by atoms with Crippen molar-refractivity contribution < 1.29 is 9.53 Å². The van der Waals surface area contributed by atoms with E-state index in [2.05, 4.69) is 5.32 Å². The zero-order valence-corrected chi connectivity index (χ0v) is 10.2. The fourth-order valence-electron chi connectivity index (χ4n) is 3.86. The molecule has 0 spiro atoms. The van der Waals surface area contributed by atoms with Gasteiger partial charge in [0.15, 0.2) is 0 Å². The molecular formula is C13H22N2O2. The Morgan fingerprint density at radius 2 is 1.82 bits per heavy atom. The molecule has 3 rings (SSSR count). The summed E-state index contributed by atoms with van der Waals surface area (Å²) in [7, 11) is 0. The number of rotatable bonds is 2. The minimum absolute atomic E-state index is 0.0802. The van der Waals surface area contributed by atoms with E-state index in [1.165, 1.54) is 19.3 Å². The molecule has 3 fully saturated rings. The topological polar surface area (TPSA) is 64.4 Å². The molecule has 3 aliphatic rings. The third kappa shape index (κ3) is 2.08. The molecule has 0 radical (unpaired) electrons. The van der Waals surface area contributed by atoms with E-state index in [9.17, 15) is 4.79 Å². The van der Waals surface area contributed by atoms with Crippen LogP contribution >= 0.6 is 0 Å². The van der Waals surface area contributed by atoms with Gasteiger partial charge in [-0.3, -0.25) is 4.79 Å². The van der Waals surface area contributed by atoms with Gasteiger partial charge in [0.2, 0.25) is 5.91 Å². The van der Waals surface area contributed by atoms with Crippen LogP contribution in [0, 0.1) is 17.8 Å². The minimum atomic E-state index is 0.0802. The minimum Gasteiger partial charge on any atom is -0.381 e. The van der Waals surface area contributed by atoms with Crippen LogP contribution in [0.2, 0.25) is 0 Å². The van der Waals surface area contributed by atoms with Gasteiger partial charge in [-0.15, -0.1) is 0 Å². The maximum atomic E-state index is 12.3. The van der Waals surface area contributed by atoms with Gasteiger partial charge < -0.3 is 15.8 Å². The van der Waals surface area contributed by atoms with Crippen molar-refractivity contribution in [3.63, 3.8) is 0 Å². The third-order valence-corrected chi connectivity index (χ3v) is 4.85. The van der Waals surface area contributed by atoms with Crippen molar-refractivity contribution in [1.29, 1.82) is 0 Å². The molecule has 0 aromatic rings. The third-order valence-electron chi connectivity index (χ3n) is 4.85. The van der Waals surface area contributed by atoms with Crippen molar-refractivity contribution in [3.8, 4) is 0 Å². The molecule has 1 aliphatic heterocycles. The molecule has 2 saturated carbocycles. The van der Waals surface area contributed by atoms with Gasteiger partial charge in [-0.05, 0) is 43.9 Å². The van der Waals surface area contributed by atoms with Crippen LogP contribution in [0.5, 0.6) is 0 Å². The average molecular weight is 238 g/mol. The number of fused-ring (bicyclic) bond motifs is 2. The molecule has 0 aromatic carbocycles. The Morgan fingerprint density at radius 1 is 1.12 bits per heavy atom. The highest BCUT2D eigenvalue weighted by Gasteiger charge is 2.49. The summed E-state index contributed by atoms with van der Waals surface area (Å²) in [5.74, 6) is 1.44. The van der Waals surface area contributed by atoms with Gasteiger partial charge in [-0.2, -0.15) is 0 Å². The van der Waals surface area contributed by atoms with Crippen LogP contribution in [0.1, 0.15) is 32.1 Å². The van der Waals surface area contributed by atoms with E-state index < -0.39 is 0 Å². The molecule has 3 N–H and O–H groups in total. The van der Waals surface area contributed by atoms with Crippen molar-refractivity contribution >= 4 is 5.91 Å². The number of carbonyl (C=O) groups is 1. The monoisotopic (exact) mass is 238 g/mol. The summed E-state index contributed by atoms with van der Waals surface area (Å²) in [4.78, 5) is 12.3. The summed E-state index contributed by atoms with van der Waals surface area (Å²) in [6.07, 6.45) is 5.49. The highest BCUT2D eigenvalue weighted by atomic mass is 16.5. The molecule has 0 aromatic heterocycles. The van der Waals surface area contributed by atoms with Gasteiger partial charge in [-0.25, -0.2) is 0 Å². The molecule has 4 atom stereocenters. The van der Waals surface area contributed by atoms with Crippen LogP contribution in [-0.4, -0.2) is 31.2 Å². The Bertz CT molecular complexity index is 300. The summed E-state index contributed by atoms with van der Waals surface area (Å²) >= 11 is 0. The number of ether oxygens (including phenoxy) is 1. The molecule has 2 aliphatic carbocycles. The van der Waals surface area contributed by atoms with Crippen LogP contribution in [-0.2, 0) is 9.53 Å². The predicted octanol–water partition coefficient (Wildman–Crippen LogP) is 0.655. The van der Waals surface area contributed by atoms with Crippen LogP contribution in [0.25, 0.3) is 0 Å². The smallest absolute Gasteiger partial charge is 0.225 e. The molecule has 17 heavy (non-hydrogen) atoms. The highest BCUT2D eigenvalue weighted by Crippen LogP contribution is 2.47. The summed E-state index contributed by atoms with van der Waals surface area (Å²) in [6.45, 7) is 1.54. The molecule has 4 nitrogen and oxygen atoms in total. The van der Waals surface area contributed by atoms with Crippen molar-refractivity contribution in [2.24, 2.45) is 23.5 Å². The Balaban J connectivity index is 1.58. The number of carbonyl (C=O) groups excluding carboxylic acids is 1. The van der Waals surface area contributed by atoms with Crippen molar-refractivity contribution in [3.05, 3.63) is 0 Å². The maximum absolute atomic E-state index is 12.3. The maximum Gasteiger partial charge on any atom is 0.225 e. The second-order valence-corrected chi connectivity index (χ2v) is 5.83. The lowest BCUT2D eigenvalue weighted by molar-refractivity contribution is -0.128. The van der Waals surface area contributed by atoms with Crippen LogP contribution in [0.4, 0.5) is 0 Å². The van der Waals surface area contributed by atoms with E-state index >= 15 is 0 Å². The first kappa shape index (κ1) is 11.5. The molecule has 2 bridgehead atoms. The van der Waals surface area contributed by atoms with E-state index in [1.54, 1.807) is 0 Å². The fraction of sp³-hybridized carbons (Fsp3) is 0.923. The first-order chi connectivity index (χ1) is 8.25. The van der Waals surface area contributed by atoms with Crippen molar-refractivity contribution in [2.45, 2.75) is 44.2 Å². The van der Waals surface area contributed by atoms with Crippen LogP contribution in [0.15, 0.2) is 0 Å². The normalized spacial score (nSPS) is 41.7. The molecular weight excluding hydrogens is 216 g/mol. The Kier molecular flexibility index (Phi) is 3.09. The predicted molar refractivity (Wildman–Crippen MR) is 64.3 cm³/mol. The first-order valence-electron chi connectivity index (χ1n) is 6.89. The largest absolute Gasteiger partial charge is 0.381 e. The lowest BCUT2D eigenvalue weighted by Crippen LogP contribution is -2.49. The van der Waals surface area contributed by atoms with Crippen molar-refractivity contribution in [2.75, 3.05) is 13.2 Å². The van der Waals surface area contributed by atoms with Gasteiger partial charge in [0.25, 0.3) is 0 Å². The standard InChI is InChI=1S/C13H22N2O2/c14-12-9-2-1-8(7-9)11(12)13(16)15-10-3-5-17-6-4-10/h8-12H,1-7,14H2,(H,15,16). The SMILES string of the molecule is NC1C2CCC(C2)C1C(=O)NC1CCOCC1. The summed E-state index contributed by atoms with van der Waals surface area (Å²) in [6, 6.07) is 0.413. The van der Waals surface area contributed by atoms with Gasteiger partial charge in [0, 0.05) is 25.3 Å². The number of amides is 1. The van der Waals surface area contributed by atoms with Gasteiger partial charge in [0.05, 0.1) is 5.92 Å². The molecule has 4 heteroatoms. The van der Waals surface area contributed by atoms with Gasteiger partial charge in [0.1, 0.15) is 0 Å². The van der Waals surface area contributed by atoms with E-state index in [1.807, 2.05) is 0 Å². The average Bonchev–Trinajstić information content (AvgIpc) is 2.90. The lowest BCUT2D eigenvalue weighted by atomic mass is 9.84. The Hall–Kier alpha value is -0.610. The highest BCUT2D eigenvalue weighted by molar-refractivity contribution is 5.80. The number of hydrogen-bond donors (Lipinski definition) is 2. The fourth-order valence-corrected chi connectivity index (χ4v) is 3.86. The zero-order chi connectivity index (χ0) is 11.8. The second kappa shape index (κ2) is 4.58. The summed E-state index contributed by atoms with van der Waals surface area (Å²) in [5.41, 5.74) is 6.18. The Labute approximate surface area is 102 Å². The van der Waals surface area contributed by atoms with E-state index in [-0.39, 0.29) is 17.9 Å². The zero-order valence-electron chi connectivity index (χ0n) is 10.2. The van der Waals surface area contributed by atoms with E-state index in [0.717, 1.165) is 26.1 Å². The second-order valence-electron chi connectivity index (χ2n) is 5.83. The number of hydrogen-bond acceptors (Lipinski definition) is 3. The number of nitrogens with one attached hydrogen (secondary N) is 1. The Morgan fingerprint density at radius 3 is 2.47 bits per heavy atom. The quantitative estimate of drug-likeness (QED) is 0.742. The van der Waals surface area contributed by atoms with E-state index in [4.69, 9.17) is 10.5 Å². The van der Waals surface area contributed by atoms with Gasteiger partial charge in [-0.1, -0.05) is 0 Å².